The van der Waals surface area contributed by atoms with Crippen LogP contribution in [-0.4, -0.2) is 30.4 Å². The average Bonchev–Trinajstić information content (AvgIpc) is 2.82. The van der Waals surface area contributed by atoms with Crippen LogP contribution in [0.3, 0.4) is 0 Å². The molecular weight excluding hydrogens is 220 g/mol. The van der Waals surface area contributed by atoms with Gasteiger partial charge in [0, 0.05) is 18.0 Å². The molecule has 0 aromatic carbocycles. The van der Waals surface area contributed by atoms with Crippen LogP contribution < -0.4 is 5.73 Å². The number of thiophene rings is 1. The molecule has 1 unspecified atom stereocenters. The molecule has 1 aliphatic heterocycles. The Kier molecular flexibility index (Phi) is 3.96. The van der Waals surface area contributed by atoms with Crippen molar-refractivity contribution in [2.75, 3.05) is 19.6 Å². The molecule has 0 radical (unpaired) electrons. The number of carbonyl (C=O) groups is 1. The topological polar surface area (TPSA) is 46.3 Å². The van der Waals surface area contributed by atoms with E-state index in [0.717, 1.165) is 24.4 Å². The van der Waals surface area contributed by atoms with E-state index in [4.69, 9.17) is 5.73 Å². The zero-order chi connectivity index (χ0) is 11.4. The number of rotatable bonds is 3. The molecule has 0 spiro atoms. The van der Waals surface area contributed by atoms with Gasteiger partial charge in [-0.05, 0) is 36.8 Å². The predicted molar refractivity (Wildman–Crippen MR) is 66.4 cm³/mol. The highest BCUT2D eigenvalue weighted by Crippen LogP contribution is 2.17. The van der Waals surface area contributed by atoms with Crippen molar-refractivity contribution >= 4 is 17.2 Å². The van der Waals surface area contributed by atoms with Crippen LogP contribution in [0.25, 0.3) is 0 Å². The van der Waals surface area contributed by atoms with Gasteiger partial charge in [0.1, 0.15) is 0 Å². The van der Waals surface area contributed by atoms with Gasteiger partial charge in [-0.3, -0.25) is 4.79 Å². The van der Waals surface area contributed by atoms with Crippen LogP contribution in [0.5, 0.6) is 0 Å². The third kappa shape index (κ3) is 2.83. The summed E-state index contributed by atoms with van der Waals surface area (Å²) in [5.41, 5.74) is 5.67. The molecule has 0 saturated carbocycles. The molecule has 3 nitrogen and oxygen atoms in total. The van der Waals surface area contributed by atoms with E-state index in [1.165, 1.54) is 6.42 Å². The van der Waals surface area contributed by atoms with E-state index in [1.807, 2.05) is 22.4 Å². The number of piperidine rings is 1. The SMILES string of the molecule is NCC1CCCN(C(=O)Cc2cccs2)C1. The zero-order valence-corrected chi connectivity index (χ0v) is 10.2. The molecule has 1 aromatic rings. The first kappa shape index (κ1) is 11.6. The van der Waals surface area contributed by atoms with E-state index in [0.29, 0.717) is 18.9 Å². The number of carbonyl (C=O) groups excluding carboxylic acids is 1. The van der Waals surface area contributed by atoms with Crippen molar-refractivity contribution in [2.45, 2.75) is 19.3 Å². The van der Waals surface area contributed by atoms with Crippen LogP contribution in [0.2, 0.25) is 0 Å². The van der Waals surface area contributed by atoms with Crippen molar-refractivity contribution in [3.05, 3.63) is 22.4 Å². The number of nitrogens with zero attached hydrogens (tertiary/aromatic N) is 1. The molecule has 4 heteroatoms. The molecule has 1 aromatic heterocycles. The smallest absolute Gasteiger partial charge is 0.227 e. The van der Waals surface area contributed by atoms with Crippen molar-refractivity contribution in [1.82, 2.24) is 4.90 Å². The maximum absolute atomic E-state index is 12.0. The van der Waals surface area contributed by atoms with Crippen LogP contribution in [-0.2, 0) is 11.2 Å². The van der Waals surface area contributed by atoms with Crippen molar-refractivity contribution in [2.24, 2.45) is 11.7 Å². The van der Waals surface area contributed by atoms with Gasteiger partial charge in [-0.25, -0.2) is 0 Å². The Bertz CT molecular complexity index is 337. The molecule has 88 valence electrons. The van der Waals surface area contributed by atoms with Gasteiger partial charge < -0.3 is 10.6 Å². The molecule has 2 rings (SSSR count). The Morgan fingerprint density at radius 3 is 3.19 bits per heavy atom. The fraction of sp³-hybridized carbons (Fsp3) is 0.583. The molecule has 1 amide bonds. The lowest BCUT2D eigenvalue weighted by Gasteiger charge is -2.32. The number of hydrogen-bond donors (Lipinski definition) is 1. The Labute approximate surface area is 100 Å². The highest BCUT2D eigenvalue weighted by atomic mass is 32.1. The molecule has 1 saturated heterocycles. The van der Waals surface area contributed by atoms with Crippen LogP contribution in [0.4, 0.5) is 0 Å². The van der Waals surface area contributed by atoms with Gasteiger partial charge in [-0.15, -0.1) is 11.3 Å². The lowest BCUT2D eigenvalue weighted by atomic mass is 9.98. The lowest BCUT2D eigenvalue weighted by molar-refractivity contribution is -0.132. The molecule has 1 aliphatic rings. The summed E-state index contributed by atoms with van der Waals surface area (Å²) >= 11 is 1.65. The largest absolute Gasteiger partial charge is 0.342 e. The third-order valence-electron chi connectivity index (χ3n) is 3.11. The van der Waals surface area contributed by atoms with E-state index in [-0.39, 0.29) is 5.91 Å². The maximum Gasteiger partial charge on any atom is 0.227 e. The van der Waals surface area contributed by atoms with Crippen LogP contribution in [0.15, 0.2) is 17.5 Å². The van der Waals surface area contributed by atoms with E-state index in [2.05, 4.69) is 0 Å². The predicted octanol–water partition coefficient (Wildman–Crippen LogP) is 1.49. The second kappa shape index (κ2) is 5.46. The lowest BCUT2D eigenvalue weighted by Crippen LogP contribution is -2.42. The minimum Gasteiger partial charge on any atom is -0.342 e. The summed E-state index contributed by atoms with van der Waals surface area (Å²) in [7, 11) is 0. The van der Waals surface area contributed by atoms with E-state index in [9.17, 15) is 4.79 Å². The maximum atomic E-state index is 12.0. The first-order valence-electron chi connectivity index (χ1n) is 5.80. The van der Waals surface area contributed by atoms with Gasteiger partial charge in [-0.2, -0.15) is 0 Å². The number of hydrogen-bond acceptors (Lipinski definition) is 3. The summed E-state index contributed by atoms with van der Waals surface area (Å²) < 4.78 is 0. The minimum absolute atomic E-state index is 0.251. The third-order valence-corrected chi connectivity index (χ3v) is 3.99. The van der Waals surface area contributed by atoms with Gasteiger partial charge in [0.25, 0.3) is 0 Å². The normalized spacial score (nSPS) is 21.1. The summed E-state index contributed by atoms with van der Waals surface area (Å²) in [4.78, 5) is 15.1. The van der Waals surface area contributed by atoms with Crippen LogP contribution in [0.1, 0.15) is 17.7 Å². The molecular formula is C12H18N2OS. The Balaban J connectivity index is 1.89. The molecule has 1 fully saturated rings. The highest BCUT2D eigenvalue weighted by Gasteiger charge is 2.22. The monoisotopic (exact) mass is 238 g/mol. The fourth-order valence-electron chi connectivity index (χ4n) is 2.16. The van der Waals surface area contributed by atoms with Crippen LogP contribution >= 0.6 is 11.3 Å². The first-order chi connectivity index (χ1) is 7.79. The number of amides is 1. The molecule has 0 bridgehead atoms. The van der Waals surface area contributed by atoms with E-state index >= 15 is 0 Å². The molecule has 16 heavy (non-hydrogen) atoms. The molecule has 0 aliphatic carbocycles. The van der Waals surface area contributed by atoms with Gasteiger partial charge in [0.2, 0.25) is 5.91 Å². The zero-order valence-electron chi connectivity index (χ0n) is 9.39. The summed E-state index contributed by atoms with van der Waals surface area (Å²) in [6.45, 7) is 2.45. The average molecular weight is 238 g/mol. The second-order valence-corrected chi connectivity index (χ2v) is 5.37. The van der Waals surface area contributed by atoms with Crippen LogP contribution in [0, 0.1) is 5.92 Å². The Morgan fingerprint density at radius 2 is 2.50 bits per heavy atom. The highest BCUT2D eigenvalue weighted by molar-refractivity contribution is 7.10. The number of nitrogens with two attached hydrogens (primary N) is 1. The van der Waals surface area contributed by atoms with Gasteiger partial charge in [0.05, 0.1) is 6.42 Å². The standard InChI is InChI=1S/C12H18N2OS/c13-8-10-3-1-5-14(9-10)12(15)7-11-4-2-6-16-11/h2,4,6,10H,1,3,5,7-9,13H2. The van der Waals surface area contributed by atoms with Gasteiger partial charge >= 0.3 is 0 Å². The fourth-order valence-corrected chi connectivity index (χ4v) is 2.85. The van der Waals surface area contributed by atoms with Crippen molar-refractivity contribution in [3.63, 3.8) is 0 Å². The van der Waals surface area contributed by atoms with Gasteiger partial charge in [0.15, 0.2) is 0 Å². The number of likely N-dealkylation sites (tertiary alicyclic amines) is 1. The van der Waals surface area contributed by atoms with Crippen molar-refractivity contribution in [3.8, 4) is 0 Å². The van der Waals surface area contributed by atoms with Gasteiger partial charge in [-0.1, -0.05) is 6.07 Å². The summed E-state index contributed by atoms with van der Waals surface area (Å²) in [6, 6.07) is 4.01. The van der Waals surface area contributed by atoms with E-state index in [1.54, 1.807) is 11.3 Å². The summed E-state index contributed by atoms with van der Waals surface area (Å²) in [6.07, 6.45) is 2.81. The Hall–Kier alpha value is -0.870. The molecule has 1 atom stereocenters. The first-order valence-corrected chi connectivity index (χ1v) is 6.68. The molecule has 2 heterocycles. The van der Waals surface area contributed by atoms with Crippen molar-refractivity contribution in [1.29, 1.82) is 0 Å². The molecule has 2 N–H and O–H groups in total. The summed E-state index contributed by atoms with van der Waals surface area (Å²) in [5.74, 6) is 0.752. The quantitative estimate of drug-likeness (QED) is 0.867. The minimum atomic E-state index is 0.251. The van der Waals surface area contributed by atoms with Crippen molar-refractivity contribution < 1.29 is 4.79 Å². The summed E-state index contributed by atoms with van der Waals surface area (Å²) in [5, 5.41) is 2.02. The Morgan fingerprint density at radius 1 is 1.62 bits per heavy atom. The second-order valence-electron chi connectivity index (χ2n) is 4.34. The van der Waals surface area contributed by atoms with E-state index < -0.39 is 0 Å².